The number of aliphatic hydroxyl groups is 1. The maximum atomic E-state index is 13.6. The smallest absolute Gasteiger partial charge is 0.270 e. The van der Waals surface area contributed by atoms with Crippen LogP contribution >= 0.6 is 0 Å². The highest BCUT2D eigenvalue weighted by Crippen LogP contribution is 2.46. The first-order valence-corrected chi connectivity index (χ1v) is 9.86. The van der Waals surface area contributed by atoms with Gasteiger partial charge < -0.3 is 15.3 Å². The summed E-state index contributed by atoms with van der Waals surface area (Å²) in [6.07, 6.45) is 1.08. The molecule has 1 spiro atoms. The fourth-order valence-corrected chi connectivity index (χ4v) is 4.63. The van der Waals surface area contributed by atoms with Crippen molar-refractivity contribution in [3.8, 4) is 0 Å². The van der Waals surface area contributed by atoms with Gasteiger partial charge >= 0.3 is 0 Å². The number of carbonyl (C=O) groups excluding carboxylic acids is 2. The molecule has 3 atom stereocenters. The number of nitrogens with zero attached hydrogens (tertiary/aromatic N) is 2. The van der Waals surface area contributed by atoms with Crippen molar-refractivity contribution < 1.29 is 19.1 Å². The zero-order chi connectivity index (χ0) is 20.6. The van der Waals surface area contributed by atoms with Crippen molar-refractivity contribution in [2.24, 2.45) is 5.41 Å². The third-order valence-electron chi connectivity index (χ3n) is 5.91. The Morgan fingerprint density at radius 3 is 2.83 bits per heavy atom. The highest BCUT2D eigenvalue weighted by atomic mass is 19.1. The SMILES string of the molecule is Cc1cccc(C(=O)N[C@@H]2C[C@@H](O)C[C@@]3(CCN(c4cccc(F)c4)C3=O)C2)n1. The zero-order valence-electron chi connectivity index (χ0n) is 16.3. The van der Waals surface area contributed by atoms with Crippen LogP contribution in [0.25, 0.3) is 0 Å². The number of anilines is 1. The molecule has 1 aliphatic heterocycles. The molecule has 1 aromatic heterocycles. The molecule has 1 aliphatic carbocycles. The van der Waals surface area contributed by atoms with E-state index in [0.29, 0.717) is 43.6 Å². The number of pyridine rings is 1. The number of nitrogens with one attached hydrogen (secondary N) is 1. The Morgan fingerprint density at radius 1 is 1.28 bits per heavy atom. The van der Waals surface area contributed by atoms with Crippen molar-refractivity contribution in [1.82, 2.24) is 10.3 Å². The van der Waals surface area contributed by atoms with Gasteiger partial charge in [0.2, 0.25) is 5.91 Å². The molecule has 2 heterocycles. The molecule has 1 aromatic carbocycles. The minimum atomic E-state index is -0.748. The van der Waals surface area contributed by atoms with E-state index in [1.54, 1.807) is 29.2 Å². The molecule has 2 fully saturated rings. The van der Waals surface area contributed by atoms with E-state index in [2.05, 4.69) is 10.3 Å². The Labute approximate surface area is 168 Å². The average Bonchev–Trinajstić information content (AvgIpc) is 2.96. The van der Waals surface area contributed by atoms with Gasteiger partial charge in [-0.25, -0.2) is 9.37 Å². The Kier molecular flexibility index (Phi) is 5.08. The van der Waals surface area contributed by atoms with Crippen LogP contribution in [0, 0.1) is 18.2 Å². The quantitative estimate of drug-likeness (QED) is 0.834. The highest BCUT2D eigenvalue weighted by molar-refractivity contribution is 6.00. The van der Waals surface area contributed by atoms with Crippen molar-refractivity contribution in [2.45, 2.75) is 44.8 Å². The molecule has 2 amide bonds. The molecule has 4 rings (SSSR count). The van der Waals surface area contributed by atoms with Crippen LogP contribution < -0.4 is 10.2 Å². The molecule has 29 heavy (non-hydrogen) atoms. The molecule has 2 aromatic rings. The van der Waals surface area contributed by atoms with Gasteiger partial charge in [0.15, 0.2) is 0 Å². The predicted octanol–water partition coefficient (Wildman–Crippen LogP) is 2.60. The van der Waals surface area contributed by atoms with Crippen LogP contribution in [-0.4, -0.2) is 40.6 Å². The molecular weight excluding hydrogens is 373 g/mol. The van der Waals surface area contributed by atoms with Crippen LogP contribution in [0.15, 0.2) is 42.5 Å². The summed E-state index contributed by atoms with van der Waals surface area (Å²) in [5.74, 6) is -0.819. The molecular formula is C22H24FN3O3. The molecule has 7 heteroatoms. The van der Waals surface area contributed by atoms with Crippen molar-refractivity contribution >= 4 is 17.5 Å². The number of rotatable bonds is 3. The van der Waals surface area contributed by atoms with Crippen LogP contribution in [0.5, 0.6) is 0 Å². The monoisotopic (exact) mass is 397 g/mol. The molecule has 1 saturated carbocycles. The third kappa shape index (κ3) is 3.87. The van der Waals surface area contributed by atoms with Gasteiger partial charge in [-0.1, -0.05) is 12.1 Å². The second-order valence-corrected chi connectivity index (χ2v) is 8.10. The van der Waals surface area contributed by atoms with E-state index in [4.69, 9.17) is 0 Å². The summed E-state index contributed by atoms with van der Waals surface area (Å²) in [4.78, 5) is 31.7. The maximum absolute atomic E-state index is 13.6. The van der Waals surface area contributed by atoms with Gasteiger partial charge in [-0.05, 0) is 62.9 Å². The molecule has 6 nitrogen and oxygen atoms in total. The summed E-state index contributed by atoms with van der Waals surface area (Å²) in [5.41, 5.74) is 0.839. The van der Waals surface area contributed by atoms with E-state index in [9.17, 15) is 19.1 Å². The molecule has 2 aliphatic rings. The summed E-state index contributed by atoms with van der Waals surface area (Å²) in [6, 6.07) is 10.9. The third-order valence-corrected chi connectivity index (χ3v) is 5.91. The van der Waals surface area contributed by atoms with Gasteiger partial charge in [0.25, 0.3) is 5.91 Å². The summed E-state index contributed by atoms with van der Waals surface area (Å²) < 4.78 is 13.6. The van der Waals surface area contributed by atoms with Gasteiger partial charge in [-0.2, -0.15) is 0 Å². The predicted molar refractivity (Wildman–Crippen MR) is 106 cm³/mol. The standard InChI is InChI=1S/C22H24FN3O3/c1-14-4-2-7-19(24-14)20(28)25-16-11-18(27)13-22(12-16)8-9-26(21(22)29)17-6-3-5-15(23)10-17/h2-7,10,16,18,27H,8-9,11-13H2,1H3,(H,25,28)/t16-,18-,22-/m1/s1. The van der Waals surface area contributed by atoms with E-state index in [1.165, 1.54) is 12.1 Å². The van der Waals surface area contributed by atoms with Crippen LogP contribution in [-0.2, 0) is 4.79 Å². The van der Waals surface area contributed by atoms with Crippen LogP contribution in [0.3, 0.4) is 0 Å². The number of halogens is 1. The number of aliphatic hydroxyl groups excluding tert-OH is 1. The number of aryl methyl sites for hydroxylation is 1. The van der Waals surface area contributed by atoms with Crippen molar-refractivity contribution in [1.29, 1.82) is 0 Å². The van der Waals surface area contributed by atoms with Crippen molar-refractivity contribution in [3.05, 3.63) is 59.7 Å². The van der Waals surface area contributed by atoms with Crippen molar-refractivity contribution in [3.63, 3.8) is 0 Å². The van der Waals surface area contributed by atoms with Crippen LogP contribution in [0.1, 0.15) is 41.9 Å². The number of benzene rings is 1. The Balaban J connectivity index is 1.51. The second-order valence-electron chi connectivity index (χ2n) is 8.10. The number of carbonyl (C=O) groups is 2. The normalized spacial score (nSPS) is 26.7. The van der Waals surface area contributed by atoms with Crippen LogP contribution in [0.4, 0.5) is 10.1 Å². The lowest BCUT2D eigenvalue weighted by atomic mass is 9.69. The first kappa shape index (κ1) is 19.5. The van der Waals surface area contributed by atoms with E-state index in [0.717, 1.165) is 5.69 Å². The van der Waals surface area contributed by atoms with Gasteiger partial charge in [0, 0.05) is 24.0 Å². The maximum Gasteiger partial charge on any atom is 0.270 e. The zero-order valence-corrected chi connectivity index (χ0v) is 16.3. The number of hydrogen-bond donors (Lipinski definition) is 2. The van der Waals surface area contributed by atoms with E-state index in [1.807, 2.05) is 13.0 Å². The Bertz CT molecular complexity index is 950. The molecule has 0 unspecified atom stereocenters. The lowest BCUT2D eigenvalue weighted by Gasteiger charge is -2.39. The van der Waals surface area contributed by atoms with E-state index >= 15 is 0 Å². The fourth-order valence-electron chi connectivity index (χ4n) is 4.63. The summed E-state index contributed by atoms with van der Waals surface area (Å²) in [6.45, 7) is 2.28. The van der Waals surface area contributed by atoms with Crippen LogP contribution in [0.2, 0.25) is 0 Å². The van der Waals surface area contributed by atoms with E-state index < -0.39 is 17.3 Å². The summed E-state index contributed by atoms with van der Waals surface area (Å²) in [5, 5.41) is 13.4. The van der Waals surface area contributed by atoms with Gasteiger partial charge in [0.1, 0.15) is 11.5 Å². The highest BCUT2D eigenvalue weighted by Gasteiger charge is 2.52. The Morgan fingerprint density at radius 2 is 2.07 bits per heavy atom. The first-order chi connectivity index (χ1) is 13.9. The fraction of sp³-hybridized carbons (Fsp3) is 0.409. The first-order valence-electron chi connectivity index (χ1n) is 9.86. The van der Waals surface area contributed by atoms with Gasteiger partial charge in [0.05, 0.1) is 11.5 Å². The topological polar surface area (TPSA) is 82.5 Å². The lowest BCUT2D eigenvalue weighted by molar-refractivity contribution is -0.130. The second kappa shape index (κ2) is 7.55. The summed E-state index contributed by atoms with van der Waals surface area (Å²) >= 11 is 0. The minimum absolute atomic E-state index is 0.116. The molecule has 2 N–H and O–H groups in total. The lowest BCUT2D eigenvalue weighted by Crippen LogP contribution is -2.50. The number of hydrogen-bond acceptors (Lipinski definition) is 4. The van der Waals surface area contributed by atoms with E-state index in [-0.39, 0.29) is 17.9 Å². The number of aromatic nitrogens is 1. The molecule has 152 valence electrons. The van der Waals surface area contributed by atoms with Crippen molar-refractivity contribution in [2.75, 3.05) is 11.4 Å². The van der Waals surface area contributed by atoms with Gasteiger partial charge in [-0.3, -0.25) is 9.59 Å². The minimum Gasteiger partial charge on any atom is -0.393 e. The average molecular weight is 397 g/mol. The molecule has 1 saturated heterocycles. The Hall–Kier alpha value is -2.80. The summed E-state index contributed by atoms with van der Waals surface area (Å²) in [7, 11) is 0. The largest absolute Gasteiger partial charge is 0.393 e. The number of amides is 2. The van der Waals surface area contributed by atoms with Gasteiger partial charge in [-0.15, -0.1) is 0 Å². The molecule has 0 bridgehead atoms. The molecule has 0 radical (unpaired) electrons.